The van der Waals surface area contributed by atoms with Crippen LogP contribution in [-0.2, 0) is 32.6 Å². The molecule has 1 aliphatic rings. The van der Waals surface area contributed by atoms with Gasteiger partial charge >= 0.3 is 0 Å². The minimum Gasteiger partial charge on any atom is -0.352 e. The van der Waals surface area contributed by atoms with Crippen molar-refractivity contribution in [1.82, 2.24) is 10.2 Å². The second kappa shape index (κ2) is 12.0. The van der Waals surface area contributed by atoms with Gasteiger partial charge in [0.1, 0.15) is 12.6 Å². The number of nitrogens with zero attached hydrogens (tertiary/aromatic N) is 2. The van der Waals surface area contributed by atoms with Crippen molar-refractivity contribution in [2.45, 2.75) is 64.6 Å². The van der Waals surface area contributed by atoms with Crippen LogP contribution in [0.2, 0.25) is 0 Å². The fourth-order valence-electron chi connectivity index (χ4n) is 4.32. The van der Waals surface area contributed by atoms with E-state index in [1.54, 1.807) is 19.1 Å². The zero-order chi connectivity index (χ0) is 25.6. The Morgan fingerprint density at radius 2 is 1.74 bits per heavy atom. The minimum absolute atomic E-state index is 0.123. The molecule has 0 heterocycles. The molecule has 2 amide bonds. The maximum absolute atomic E-state index is 13.6. The van der Waals surface area contributed by atoms with E-state index < -0.39 is 22.0 Å². The summed E-state index contributed by atoms with van der Waals surface area (Å²) in [5.74, 6) is -0.664. The van der Waals surface area contributed by atoms with Gasteiger partial charge in [0.25, 0.3) is 0 Å². The molecule has 1 saturated carbocycles. The molecule has 0 spiro atoms. The average molecular weight is 565 g/mol. The number of carbonyl (C=O) groups excluding carboxylic acids is 2. The van der Waals surface area contributed by atoms with Crippen LogP contribution in [0.25, 0.3) is 0 Å². The molecule has 1 unspecified atom stereocenters. The Morgan fingerprint density at radius 3 is 2.31 bits per heavy atom. The molecule has 0 bridgehead atoms. The van der Waals surface area contributed by atoms with Gasteiger partial charge in [-0.1, -0.05) is 60.0 Å². The summed E-state index contributed by atoms with van der Waals surface area (Å²) in [6, 6.07) is 14.0. The van der Waals surface area contributed by atoms with E-state index in [1.165, 1.54) is 4.90 Å². The summed E-state index contributed by atoms with van der Waals surface area (Å²) < 4.78 is 27.3. The molecular formula is C26H34BrN3O4S. The molecule has 0 saturated heterocycles. The van der Waals surface area contributed by atoms with E-state index in [-0.39, 0.29) is 25.0 Å². The number of nitrogens with one attached hydrogen (secondary N) is 1. The first kappa shape index (κ1) is 27.2. The minimum atomic E-state index is -3.73. The second-order valence-electron chi connectivity index (χ2n) is 9.11. The summed E-state index contributed by atoms with van der Waals surface area (Å²) in [4.78, 5) is 28.1. The Bertz CT molecular complexity index is 1130. The fraction of sp³-hybridized carbons (Fsp3) is 0.462. The molecular weight excluding hydrogens is 530 g/mol. The normalized spacial score (nSPS) is 15.0. The summed E-state index contributed by atoms with van der Waals surface area (Å²) in [5.41, 5.74) is 2.33. The molecule has 0 aliphatic heterocycles. The summed E-state index contributed by atoms with van der Waals surface area (Å²) in [5, 5.41) is 3.07. The number of benzene rings is 2. The van der Waals surface area contributed by atoms with Gasteiger partial charge < -0.3 is 10.2 Å². The number of sulfonamides is 1. The molecule has 1 aliphatic carbocycles. The van der Waals surface area contributed by atoms with Crippen LogP contribution < -0.4 is 9.62 Å². The lowest BCUT2D eigenvalue weighted by atomic mass is 10.1. The Balaban J connectivity index is 1.87. The van der Waals surface area contributed by atoms with Gasteiger partial charge in [0.05, 0.1) is 11.9 Å². The third-order valence-electron chi connectivity index (χ3n) is 6.42. The lowest BCUT2D eigenvalue weighted by Gasteiger charge is -2.32. The molecule has 3 rings (SSSR count). The van der Waals surface area contributed by atoms with Gasteiger partial charge in [-0.3, -0.25) is 13.9 Å². The monoisotopic (exact) mass is 563 g/mol. The molecule has 1 atom stereocenters. The SMILES string of the molecule is CCc1ccc(N(CC(=O)N(Cc2cccc(Br)c2)C(C)C(=O)NC2CCCC2)S(C)(=O)=O)cc1. The van der Waals surface area contributed by atoms with Gasteiger partial charge in [-0.25, -0.2) is 8.42 Å². The number of hydrogen-bond acceptors (Lipinski definition) is 4. The van der Waals surface area contributed by atoms with Gasteiger partial charge in [-0.05, 0) is 61.6 Å². The van der Waals surface area contributed by atoms with E-state index >= 15 is 0 Å². The summed E-state index contributed by atoms with van der Waals surface area (Å²) >= 11 is 3.45. The number of aryl methyl sites for hydroxylation is 1. The molecule has 7 nitrogen and oxygen atoms in total. The van der Waals surface area contributed by atoms with Crippen molar-refractivity contribution >= 4 is 43.5 Å². The van der Waals surface area contributed by atoms with Crippen LogP contribution in [0, 0.1) is 0 Å². The van der Waals surface area contributed by atoms with Crippen LogP contribution in [0.1, 0.15) is 50.7 Å². The number of halogens is 1. The first-order valence-corrected chi connectivity index (χ1v) is 14.6. The Labute approximate surface area is 217 Å². The molecule has 9 heteroatoms. The zero-order valence-electron chi connectivity index (χ0n) is 20.5. The maximum atomic E-state index is 13.6. The third-order valence-corrected chi connectivity index (χ3v) is 8.06. The largest absolute Gasteiger partial charge is 0.352 e. The molecule has 35 heavy (non-hydrogen) atoms. The van der Waals surface area contributed by atoms with Crippen molar-refractivity contribution in [3.05, 3.63) is 64.1 Å². The average Bonchev–Trinajstić information content (AvgIpc) is 3.33. The lowest BCUT2D eigenvalue weighted by molar-refractivity contribution is -0.139. The van der Waals surface area contributed by atoms with E-state index in [9.17, 15) is 18.0 Å². The van der Waals surface area contributed by atoms with E-state index in [0.29, 0.717) is 5.69 Å². The molecule has 0 aromatic heterocycles. The molecule has 1 N–H and O–H groups in total. The smallest absolute Gasteiger partial charge is 0.244 e. The highest BCUT2D eigenvalue weighted by molar-refractivity contribution is 9.10. The number of rotatable bonds is 10. The fourth-order valence-corrected chi connectivity index (χ4v) is 5.61. The first-order chi connectivity index (χ1) is 16.6. The molecule has 2 aromatic carbocycles. The summed E-state index contributed by atoms with van der Waals surface area (Å²) in [7, 11) is -3.73. The van der Waals surface area contributed by atoms with E-state index in [0.717, 1.165) is 58.3 Å². The predicted octanol–water partition coefficient (Wildman–Crippen LogP) is 4.25. The molecule has 1 fully saturated rings. The molecule has 2 aromatic rings. The highest BCUT2D eigenvalue weighted by Gasteiger charge is 2.31. The first-order valence-electron chi connectivity index (χ1n) is 12.0. The van der Waals surface area contributed by atoms with Crippen molar-refractivity contribution in [2.75, 3.05) is 17.1 Å². The third kappa shape index (κ3) is 7.54. The standard InChI is InChI=1S/C26H34BrN3O4S/c1-4-20-12-14-24(15-13-20)30(35(3,33)34)18-25(31)29(17-21-8-7-9-22(27)16-21)19(2)26(32)28-23-10-5-6-11-23/h7-9,12-16,19,23H,4-6,10-11,17-18H2,1-3H3,(H,28,32). The van der Waals surface area contributed by atoms with Crippen LogP contribution in [0.5, 0.6) is 0 Å². The Hall–Kier alpha value is -2.39. The van der Waals surface area contributed by atoms with Crippen molar-refractivity contribution < 1.29 is 18.0 Å². The zero-order valence-corrected chi connectivity index (χ0v) is 22.9. The van der Waals surface area contributed by atoms with Crippen molar-refractivity contribution in [3.63, 3.8) is 0 Å². The Kier molecular flexibility index (Phi) is 9.35. The molecule has 190 valence electrons. The van der Waals surface area contributed by atoms with Crippen molar-refractivity contribution in [1.29, 1.82) is 0 Å². The quantitative estimate of drug-likeness (QED) is 0.468. The van der Waals surface area contributed by atoms with Crippen LogP contribution in [0.4, 0.5) is 5.69 Å². The topological polar surface area (TPSA) is 86.8 Å². The maximum Gasteiger partial charge on any atom is 0.244 e. The van der Waals surface area contributed by atoms with E-state index in [1.807, 2.05) is 43.3 Å². The van der Waals surface area contributed by atoms with Gasteiger partial charge in [0.2, 0.25) is 21.8 Å². The summed E-state index contributed by atoms with van der Waals surface area (Å²) in [6.07, 6.45) is 5.95. The predicted molar refractivity (Wildman–Crippen MR) is 143 cm³/mol. The summed E-state index contributed by atoms with van der Waals surface area (Å²) in [6.45, 7) is 3.51. The van der Waals surface area contributed by atoms with Gasteiger partial charge in [0, 0.05) is 17.1 Å². The lowest BCUT2D eigenvalue weighted by Crippen LogP contribution is -2.52. The van der Waals surface area contributed by atoms with Crippen LogP contribution in [-0.4, -0.2) is 50.0 Å². The van der Waals surface area contributed by atoms with E-state index in [4.69, 9.17) is 0 Å². The number of carbonyl (C=O) groups is 2. The van der Waals surface area contributed by atoms with Crippen LogP contribution in [0.3, 0.4) is 0 Å². The second-order valence-corrected chi connectivity index (χ2v) is 11.9. The van der Waals surface area contributed by atoms with Crippen molar-refractivity contribution in [2.24, 2.45) is 0 Å². The number of amides is 2. The van der Waals surface area contributed by atoms with Gasteiger partial charge in [0.15, 0.2) is 0 Å². The van der Waals surface area contributed by atoms with Crippen LogP contribution >= 0.6 is 15.9 Å². The highest BCUT2D eigenvalue weighted by atomic mass is 79.9. The van der Waals surface area contributed by atoms with Crippen molar-refractivity contribution in [3.8, 4) is 0 Å². The van der Waals surface area contributed by atoms with Gasteiger partial charge in [-0.2, -0.15) is 0 Å². The van der Waals surface area contributed by atoms with Gasteiger partial charge in [-0.15, -0.1) is 0 Å². The van der Waals surface area contributed by atoms with Crippen LogP contribution in [0.15, 0.2) is 53.0 Å². The highest BCUT2D eigenvalue weighted by Crippen LogP contribution is 2.22. The van der Waals surface area contributed by atoms with E-state index in [2.05, 4.69) is 21.2 Å². The number of anilines is 1. The number of hydrogen-bond donors (Lipinski definition) is 1. The molecule has 0 radical (unpaired) electrons. The Morgan fingerprint density at radius 1 is 1.09 bits per heavy atom.